The fraction of sp³-hybridized carbons (Fsp3) is 0.231. The van der Waals surface area contributed by atoms with Gasteiger partial charge < -0.3 is 10.6 Å². The standard InChI is InChI=1S/C13H12BrN3OS2/c1-6-5-19-13(16-6)20-10-4-9-7(3-8(10)14)11(15-2)12(18)17-9/h3-5,11,15H,1-2H3,(H,17,18). The normalized spacial score (nSPS) is 17.1. The van der Waals surface area contributed by atoms with Gasteiger partial charge in [-0.25, -0.2) is 4.98 Å². The molecule has 20 heavy (non-hydrogen) atoms. The van der Waals surface area contributed by atoms with Crippen LogP contribution in [0.3, 0.4) is 0 Å². The van der Waals surface area contributed by atoms with Crippen molar-refractivity contribution in [2.45, 2.75) is 22.2 Å². The van der Waals surface area contributed by atoms with E-state index in [1.807, 2.05) is 24.4 Å². The first-order valence-corrected chi connectivity index (χ1v) is 8.49. The molecule has 1 amide bonds. The van der Waals surface area contributed by atoms with Crippen LogP contribution in [0.2, 0.25) is 0 Å². The number of amides is 1. The number of hydrogen-bond acceptors (Lipinski definition) is 5. The van der Waals surface area contributed by atoms with Crippen LogP contribution < -0.4 is 10.6 Å². The number of nitrogens with zero attached hydrogens (tertiary/aromatic N) is 1. The molecule has 104 valence electrons. The van der Waals surface area contributed by atoms with Crippen molar-refractivity contribution in [3.8, 4) is 0 Å². The topological polar surface area (TPSA) is 54.0 Å². The van der Waals surface area contributed by atoms with Crippen molar-refractivity contribution >= 4 is 50.6 Å². The third-order valence-electron chi connectivity index (χ3n) is 3.02. The molecule has 1 unspecified atom stereocenters. The predicted molar refractivity (Wildman–Crippen MR) is 85.5 cm³/mol. The van der Waals surface area contributed by atoms with E-state index in [2.05, 4.69) is 31.5 Å². The van der Waals surface area contributed by atoms with Gasteiger partial charge in [-0.05, 0) is 42.0 Å². The van der Waals surface area contributed by atoms with Gasteiger partial charge in [-0.2, -0.15) is 0 Å². The number of aryl methyl sites for hydroxylation is 1. The lowest BCUT2D eigenvalue weighted by atomic mass is 10.1. The van der Waals surface area contributed by atoms with Gasteiger partial charge in [0.15, 0.2) is 4.34 Å². The molecule has 0 fully saturated rings. The van der Waals surface area contributed by atoms with Crippen LogP contribution >= 0.6 is 39.0 Å². The van der Waals surface area contributed by atoms with Crippen molar-refractivity contribution < 1.29 is 4.79 Å². The average Bonchev–Trinajstić information content (AvgIpc) is 2.93. The van der Waals surface area contributed by atoms with Crippen LogP contribution in [0.1, 0.15) is 17.3 Å². The van der Waals surface area contributed by atoms with Crippen LogP contribution in [0.25, 0.3) is 0 Å². The number of fused-ring (bicyclic) bond motifs is 1. The summed E-state index contributed by atoms with van der Waals surface area (Å²) in [6.07, 6.45) is 0. The van der Waals surface area contributed by atoms with E-state index in [1.165, 1.54) is 0 Å². The summed E-state index contributed by atoms with van der Waals surface area (Å²) < 4.78 is 1.98. The Balaban J connectivity index is 1.95. The van der Waals surface area contributed by atoms with Crippen molar-refractivity contribution in [2.75, 3.05) is 12.4 Å². The number of thiazole rings is 1. The minimum absolute atomic E-state index is 0.0124. The number of halogens is 1. The molecule has 0 bridgehead atoms. The highest BCUT2D eigenvalue weighted by atomic mass is 79.9. The number of likely N-dealkylation sites (N-methyl/N-ethyl adjacent to an activating group) is 1. The van der Waals surface area contributed by atoms with Gasteiger partial charge in [0.2, 0.25) is 5.91 Å². The largest absolute Gasteiger partial charge is 0.324 e. The number of benzene rings is 1. The van der Waals surface area contributed by atoms with E-state index in [9.17, 15) is 4.79 Å². The molecule has 0 spiro atoms. The lowest BCUT2D eigenvalue weighted by Gasteiger charge is -2.09. The van der Waals surface area contributed by atoms with Crippen LogP contribution in [-0.2, 0) is 4.79 Å². The third kappa shape index (κ3) is 2.50. The molecule has 1 atom stereocenters. The maximum atomic E-state index is 11.8. The average molecular weight is 370 g/mol. The van der Waals surface area contributed by atoms with E-state index < -0.39 is 0 Å². The first kappa shape index (κ1) is 14.1. The zero-order valence-corrected chi connectivity index (χ0v) is 14.1. The molecule has 1 aliphatic rings. The monoisotopic (exact) mass is 369 g/mol. The van der Waals surface area contributed by atoms with Crippen molar-refractivity contribution in [1.82, 2.24) is 10.3 Å². The maximum absolute atomic E-state index is 11.8. The number of carbonyl (C=O) groups excluding carboxylic acids is 1. The second-order valence-corrected chi connectivity index (χ2v) is 7.44. The molecule has 3 rings (SSSR count). The van der Waals surface area contributed by atoms with Crippen LogP contribution in [-0.4, -0.2) is 17.9 Å². The highest BCUT2D eigenvalue weighted by Gasteiger charge is 2.30. The minimum Gasteiger partial charge on any atom is -0.324 e. The maximum Gasteiger partial charge on any atom is 0.246 e. The smallest absolute Gasteiger partial charge is 0.246 e. The number of nitrogens with one attached hydrogen (secondary N) is 2. The predicted octanol–water partition coefficient (Wildman–Crippen LogP) is 3.58. The lowest BCUT2D eigenvalue weighted by molar-refractivity contribution is -0.117. The molecule has 1 aromatic carbocycles. The second-order valence-electron chi connectivity index (χ2n) is 4.44. The summed E-state index contributed by atoms with van der Waals surface area (Å²) in [5, 5.41) is 7.95. The van der Waals surface area contributed by atoms with Gasteiger partial charge in [0.1, 0.15) is 6.04 Å². The van der Waals surface area contributed by atoms with Gasteiger partial charge in [-0.1, -0.05) is 11.8 Å². The van der Waals surface area contributed by atoms with Gasteiger partial charge in [-0.15, -0.1) is 11.3 Å². The molecule has 2 N–H and O–H groups in total. The number of carbonyl (C=O) groups is 1. The van der Waals surface area contributed by atoms with Gasteiger partial charge in [0, 0.05) is 31.7 Å². The van der Waals surface area contributed by atoms with Gasteiger partial charge in [-0.3, -0.25) is 4.79 Å². The number of anilines is 1. The summed E-state index contributed by atoms with van der Waals surface area (Å²) in [7, 11) is 1.79. The van der Waals surface area contributed by atoms with E-state index in [0.29, 0.717) is 0 Å². The van der Waals surface area contributed by atoms with E-state index in [0.717, 1.165) is 30.7 Å². The lowest BCUT2D eigenvalue weighted by Crippen LogP contribution is -2.23. The molecule has 1 aromatic heterocycles. The summed E-state index contributed by atoms with van der Waals surface area (Å²) in [4.78, 5) is 17.3. The Morgan fingerprint density at radius 2 is 2.30 bits per heavy atom. The van der Waals surface area contributed by atoms with Crippen LogP contribution in [0.15, 0.2) is 31.2 Å². The Morgan fingerprint density at radius 3 is 2.95 bits per heavy atom. The molecular weight excluding hydrogens is 358 g/mol. The summed E-state index contributed by atoms with van der Waals surface area (Å²) in [5.41, 5.74) is 2.87. The first-order valence-electron chi connectivity index (χ1n) is 6.00. The molecule has 2 heterocycles. The van der Waals surface area contributed by atoms with E-state index in [-0.39, 0.29) is 11.9 Å². The van der Waals surface area contributed by atoms with Crippen molar-refractivity contribution in [3.63, 3.8) is 0 Å². The van der Waals surface area contributed by atoms with Crippen LogP contribution in [0.5, 0.6) is 0 Å². The zero-order valence-electron chi connectivity index (χ0n) is 10.9. The van der Waals surface area contributed by atoms with E-state index in [4.69, 9.17) is 0 Å². The van der Waals surface area contributed by atoms with Crippen LogP contribution in [0.4, 0.5) is 5.69 Å². The minimum atomic E-state index is -0.276. The van der Waals surface area contributed by atoms with Gasteiger partial charge in [0.25, 0.3) is 0 Å². The van der Waals surface area contributed by atoms with Crippen molar-refractivity contribution in [2.24, 2.45) is 0 Å². The third-order valence-corrected chi connectivity index (χ3v) is 6.05. The number of hydrogen-bond donors (Lipinski definition) is 2. The molecule has 0 aliphatic carbocycles. The highest BCUT2D eigenvalue weighted by molar-refractivity contribution is 9.10. The summed E-state index contributed by atoms with van der Waals surface area (Å²) >= 11 is 6.80. The molecule has 0 saturated carbocycles. The molecular formula is C13H12BrN3OS2. The fourth-order valence-electron chi connectivity index (χ4n) is 2.10. The Kier molecular flexibility index (Phi) is 3.85. The molecule has 2 aromatic rings. The van der Waals surface area contributed by atoms with Crippen molar-refractivity contribution in [1.29, 1.82) is 0 Å². The Labute approximate surface area is 133 Å². The molecule has 1 aliphatic heterocycles. The van der Waals surface area contributed by atoms with E-state index >= 15 is 0 Å². The molecule has 7 heteroatoms. The summed E-state index contributed by atoms with van der Waals surface area (Å²) in [6, 6.07) is 3.72. The SMILES string of the molecule is CNC1C(=O)Nc2cc(Sc3nc(C)cs3)c(Br)cc21. The molecule has 0 radical (unpaired) electrons. The summed E-state index contributed by atoms with van der Waals surface area (Å²) in [6.45, 7) is 1.98. The first-order chi connectivity index (χ1) is 9.58. The number of aromatic nitrogens is 1. The highest BCUT2D eigenvalue weighted by Crippen LogP contribution is 2.41. The van der Waals surface area contributed by atoms with Gasteiger partial charge in [0.05, 0.1) is 0 Å². The van der Waals surface area contributed by atoms with Crippen molar-refractivity contribution in [3.05, 3.63) is 33.2 Å². The Hall–Kier alpha value is -0.890. The second kappa shape index (κ2) is 5.48. The Morgan fingerprint density at radius 1 is 1.50 bits per heavy atom. The number of rotatable bonds is 3. The zero-order chi connectivity index (χ0) is 14.3. The summed E-state index contributed by atoms with van der Waals surface area (Å²) in [5.74, 6) is -0.0124. The van der Waals surface area contributed by atoms with Crippen LogP contribution in [0, 0.1) is 6.92 Å². The van der Waals surface area contributed by atoms with Gasteiger partial charge >= 0.3 is 0 Å². The molecule has 0 saturated heterocycles. The Bertz CT molecular complexity index is 686. The van der Waals surface area contributed by atoms with E-state index in [1.54, 1.807) is 30.1 Å². The quantitative estimate of drug-likeness (QED) is 0.867. The molecule has 4 nitrogen and oxygen atoms in total. The fourth-order valence-corrected chi connectivity index (χ4v) is 4.54.